The van der Waals surface area contributed by atoms with Gasteiger partial charge in [0.1, 0.15) is 5.75 Å². The van der Waals surface area contributed by atoms with Crippen LogP contribution in [0.4, 0.5) is 0 Å². The molecule has 0 saturated heterocycles. The molecule has 0 radical (unpaired) electrons. The van der Waals surface area contributed by atoms with Crippen molar-refractivity contribution in [1.29, 1.82) is 5.26 Å². The molecule has 1 rings (SSSR count). The van der Waals surface area contributed by atoms with Crippen LogP contribution in [0, 0.1) is 18.3 Å². The van der Waals surface area contributed by atoms with Crippen LogP contribution in [-0.4, -0.2) is 7.11 Å². The molecule has 1 atom stereocenters. The van der Waals surface area contributed by atoms with Crippen LogP contribution < -0.4 is 10.5 Å². The lowest BCUT2D eigenvalue weighted by molar-refractivity contribution is 0.405. The minimum absolute atomic E-state index is 0.246. The molecule has 1 aromatic rings. The molecular weight excluding hydrogens is 212 g/mol. The molecule has 0 spiro atoms. The molecule has 0 aliphatic heterocycles. The summed E-state index contributed by atoms with van der Waals surface area (Å²) in [5.41, 5.74) is 7.54. The van der Waals surface area contributed by atoms with Gasteiger partial charge in [-0.3, -0.25) is 0 Å². The first kappa shape index (κ1) is 11.8. The second kappa shape index (κ2) is 5.01. The number of hydrogen-bond donors (Lipinski definition) is 1. The molecule has 1 unspecified atom stereocenters. The van der Waals surface area contributed by atoms with Crippen molar-refractivity contribution in [2.24, 2.45) is 5.73 Å². The molecule has 0 amide bonds. The summed E-state index contributed by atoms with van der Waals surface area (Å²) in [6.07, 6.45) is 0.246. The van der Waals surface area contributed by atoms with E-state index >= 15 is 0 Å². The number of benzene rings is 1. The molecule has 0 heterocycles. The minimum Gasteiger partial charge on any atom is -0.496 e. The lowest BCUT2D eigenvalue weighted by Crippen LogP contribution is -2.11. The van der Waals surface area contributed by atoms with Crippen LogP contribution in [0.15, 0.2) is 12.1 Å². The van der Waals surface area contributed by atoms with Crippen molar-refractivity contribution in [2.75, 3.05) is 7.11 Å². The molecule has 3 nitrogen and oxygen atoms in total. The third-order valence-electron chi connectivity index (χ3n) is 2.22. The molecule has 0 aliphatic rings. The third kappa shape index (κ3) is 2.62. The number of aryl methyl sites for hydroxylation is 1. The van der Waals surface area contributed by atoms with Crippen LogP contribution in [0.2, 0.25) is 5.02 Å². The number of methoxy groups -OCH3 is 1. The summed E-state index contributed by atoms with van der Waals surface area (Å²) in [5, 5.41) is 9.22. The maximum atomic E-state index is 8.58. The fourth-order valence-corrected chi connectivity index (χ4v) is 1.52. The molecule has 0 aromatic heterocycles. The molecule has 0 bridgehead atoms. The van der Waals surface area contributed by atoms with Gasteiger partial charge in [0.15, 0.2) is 0 Å². The Hall–Kier alpha value is -1.24. The molecule has 0 aliphatic carbocycles. The summed E-state index contributed by atoms with van der Waals surface area (Å²) in [6, 6.07) is 5.26. The monoisotopic (exact) mass is 224 g/mol. The number of nitrogens with zero attached hydrogens (tertiary/aromatic N) is 1. The predicted octanol–water partition coefficient (Wildman–Crippen LogP) is 2.57. The van der Waals surface area contributed by atoms with E-state index in [0.29, 0.717) is 10.8 Å². The lowest BCUT2D eigenvalue weighted by Gasteiger charge is -2.14. The Kier molecular flexibility index (Phi) is 3.96. The van der Waals surface area contributed by atoms with Crippen LogP contribution in [0.3, 0.4) is 0 Å². The molecule has 0 saturated carbocycles. The van der Waals surface area contributed by atoms with Gasteiger partial charge < -0.3 is 10.5 Å². The van der Waals surface area contributed by atoms with Gasteiger partial charge in [-0.15, -0.1) is 0 Å². The summed E-state index contributed by atoms with van der Waals surface area (Å²) in [4.78, 5) is 0. The zero-order valence-electron chi connectivity index (χ0n) is 8.75. The van der Waals surface area contributed by atoms with Gasteiger partial charge in [-0.25, -0.2) is 0 Å². The number of rotatable bonds is 3. The van der Waals surface area contributed by atoms with E-state index < -0.39 is 0 Å². The van der Waals surface area contributed by atoms with Gasteiger partial charge in [-0.05, 0) is 24.6 Å². The molecule has 0 fully saturated rings. The van der Waals surface area contributed by atoms with Gasteiger partial charge in [-0.2, -0.15) is 5.26 Å². The Bertz CT molecular complexity index is 398. The summed E-state index contributed by atoms with van der Waals surface area (Å²) in [5.74, 6) is 0.680. The zero-order chi connectivity index (χ0) is 11.4. The first-order chi connectivity index (χ1) is 7.10. The van der Waals surface area contributed by atoms with Gasteiger partial charge in [0.2, 0.25) is 0 Å². The largest absolute Gasteiger partial charge is 0.496 e. The summed E-state index contributed by atoms with van der Waals surface area (Å²) >= 11 is 5.99. The fraction of sp³-hybridized carbons (Fsp3) is 0.364. The maximum Gasteiger partial charge on any atom is 0.124 e. The van der Waals surface area contributed by atoms with Crippen molar-refractivity contribution in [1.82, 2.24) is 0 Å². The van der Waals surface area contributed by atoms with Crippen molar-refractivity contribution in [3.63, 3.8) is 0 Å². The Morgan fingerprint density at radius 1 is 1.60 bits per heavy atom. The molecule has 1 aromatic carbocycles. The highest BCUT2D eigenvalue weighted by Gasteiger charge is 2.13. The molecule has 80 valence electrons. The van der Waals surface area contributed by atoms with Gasteiger partial charge >= 0.3 is 0 Å². The SMILES string of the molecule is COc1cc(C)c(Cl)cc1C(N)CC#N. The summed E-state index contributed by atoms with van der Waals surface area (Å²) < 4.78 is 5.20. The molecular formula is C11H13ClN2O. The van der Waals surface area contributed by atoms with Crippen LogP contribution in [0.5, 0.6) is 5.75 Å². The Labute approximate surface area is 94.4 Å². The van der Waals surface area contributed by atoms with E-state index in [9.17, 15) is 0 Å². The van der Waals surface area contributed by atoms with E-state index in [4.69, 9.17) is 27.3 Å². The van der Waals surface area contributed by atoms with Gasteiger partial charge in [0, 0.05) is 16.6 Å². The topological polar surface area (TPSA) is 59.0 Å². The Morgan fingerprint density at radius 3 is 2.80 bits per heavy atom. The fourth-order valence-electron chi connectivity index (χ4n) is 1.35. The molecule has 2 N–H and O–H groups in total. The van der Waals surface area contributed by atoms with E-state index in [1.165, 1.54) is 0 Å². The lowest BCUT2D eigenvalue weighted by atomic mass is 10.0. The first-order valence-electron chi connectivity index (χ1n) is 4.56. The summed E-state index contributed by atoms with van der Waals surface area (Å²) in [7, 11) is 1.57. The van der Waals surface area contributed by atoms with E-state index in [1.54, 1.807) is 13.2 Å². The average molecular weight is 225 g/mol. The minimum atomic E-state index is -0.358. The number of hydrogen-bond acceptors (Lipinski definition) is 3. The summed E-state index contributed by atoms with van der Waals surface area (Å²) in [6.45, 7) is 1.89. The highest BCUT2D eigenvalue weighted by atomic mass is 35.5. The third-order valence-corrected chi connectivity index (χ3v) is 2.63. The van der Waals surface area contributed by atoms with E-state index in [2.05, 4.69) is 0 Å². The second-order valence-electron chi connectivity index (χ2n) is 3.31. The van der Waals surface area contributed by atoms with E-state index in [1.807, 2.05) is 19.1 Å². The normalized spacial score (nSPS) is 11.9. The van der Waals surface area contributed by atoms with Crippen molar-refractivity contribution in [3.8, 4) is 11.8 Å². The van der Waals surface area contributed by atoms with Crippen molar-refractivity contribution in [2.45, 2.75) is 19.4 Å². The predicted molar refractivity (Wildman–Crippen MR) is 59.9 cm³/mol. The number of halogens is 1. The zero-order valence-corrected chi connectivity index (χ0v) is 9.51. The standard InChI is InChI=1S/C11H13ClN2O/c1-7-5-11(15-2)8(6-9(7)12)10(14)3-4-13/h5-6,10H,3,14H2,1-2H3. The van der Waals surface area contributed by atoms with E-state index in [-0.39, 0.29) is 12.5 Å². The molecule has 15 heavy (non-hydrogen) atoms. The first-order valence-corrected chi connectivity index (χ1v) is 4.94. The smallest absolute Gasteiger partial charge is 0.124 e. The highest BCUT2D eigenvalue weighted by molar-refractivity contribution is 6.31. The number of ether oxygens (including phenoxy) is 1. The van der Waals surface area contributed by atoms with E-state index in [0.717, 1.165) is 11.1 Å². The van der Waals surface area contributed by atoms with Gasteiger partial charge in [0.25, 0.3) is 0 Å². The van der Waals surface area contributed by atoms with Crippen molar-refractivity contribution < 1.29 is 4.74 Å². The average Bonchev–Trinajstić information content (AvgIpc) is 2.21. The highest BCUT2D eigenvalue weighted by Crippen LogP contribution is 2.31. The van der Waals surface area contributed by atoms with Crippen molar-refractivity contribution >= 4 is 11.6 Å². The quantitative estimate of drug-likeness (QED) is 0.859. The van der Waals surface area contributed by atoms with Gasteiger partial charge in [-0.1, -0.05) is 11.6 Å². The van der Waals surface area contributed by atoms with Gasteiger partial charge in [0.05, 0.1) is 19.6 Å². The maximum absolute atomic E-state index is 8.58. The van der Waals surface area contributed by atoms with Crippen LogP contribution >= 0.6 is 11.6 Å². The second-order valence-corrected chi connectivity index (χ2v) is 3.72. The van der Waals surface area contributed by atoms with Crippen LogP contribution in [0.1, 0.15) is 23.6 Å². The Morgan fingerprint density at radius 2 is 2.27 bits per heavy atom. The van der Waals surface area contributed by atoms with Crippen LogP contribution in [0.25, 0.3) is 0 Å². The van der Waals surface area contributed by atoms with Crippen molar-refractivity contribution in [3.05, 3.63) is 28.3 Å². The number of nitrogens with two attached hydrogens (primary N) is 1. The Balaban J connectivity index is 3.16. The number of nitriles is 1. The molecule has 4 heteroatoms. The van der Waals surface area contributed by atoms with Crippen LogP contribution in [-0.2, 0) is 0 Å².